The zero-order valence-electron chi connectivity index (χ0n) is 19.0. The van der Waals surface area contributed by atoms with Crippen LogP contribution in [0.1, 0.15) is 18.9 Å². The number of carbonyl (C=O) groups is 1. The van der Waals surface area contributed by atoms with Gasteiger partial charge in [-0.2, -0.15) is 0 Å². The molecule has 1 aliphatic rings. The van der Waals surface area contributed by atoms with E-state index in [1.807, 2.05) is 54.6 Å². The van der Waals surface area contributed by atoms with Crippen LogP contribution in [0, 0.1) is 0 Å². The fourth-order valence-electron chi connectivity index (χ4n) is 3.27. The maximum absolute atomic E-state index is 10.8. The van der Waals surface area contributed by atoms with Gasteiger partial charge in [0.15, 0.2) is 0 Å². The first-order chi connectivity index (χ1) is 14.6. The predicted octanol–water partition coefficient (Wildman–Crippen LogP) is 3.66. The fourth-order valence-corrected chi connectivity index (χ4v) is 4.14. The molecule has 3 aromatic rings. The Kier molecular flexibility index (Phi) is 8.52. The molecule has 160 valence electrons. The summed E-state index contributed by atoms with van der Waals surface area (Å²) in [4.78, 5) is 12.9. The topological polar surface area (TPSA) is 85.2 Å². The van der Waals surface area contributed by atoms with E-state index in [1.54, 1.807) is 11.3 Å². The Labute approximate surface area is 217 Å². The molecule has 0 spiro atoms. The van der Waals surface area contributed by atoms with Crippen LogP contribution in [0.4, 0.5) is 0 Å². The van der Waals surface area contributed by atoms with E-state index in [4.69, 9.17) is 19.3 Å². The van der Waals surface area contributed by atoms with Crippen LogP contribution in [0.3, 0.4) is 0 Å². The number of hydrogen-bond acceptors (Lipinski definition) is 6. The summed E-state index contributed by atoms with van der Waals surface area (Å²) in [6.07, 6.45) is 0. The molecule has 0 bridgehead atoms. The van der Waals surface area contributed by atoms with E-state index in [1.165, 1.54) is 0 Å². The molecule has 1 aromatic heterocycles. The van der Waals surface area contributed by atoms with Gasteiger partial charge in [0.2, 0.25) is 0 Å². The Morgan fingerprint density at radius 3 is 2.52 bits per heavy atom. The second kappa shape index (κ2) is 10.9. The Bertz CT molecular complexity index is 1020. The Morgan fingerprint density at radius 1 is 1.13 bits per heavy atom. The van der Waals surface area contributed by atoms with Crippen LogP contribution < -0.4 is 4.74 Å². The number of aliphatic carboxylic acids is 1. The molecule has 6 nitrogen and oxygen atoms in total. The van der Waals surface area contributed by atoms with Crippen LogP contribution in [0.5, 0.6) is 5.75 Å². The fraction of sp³-hybridized carbons (Fsp3) is 0.261. The summed E-state index contributed by atoms with van der Waals surface area (Å²) in [7, 11) is 0. The smallest absolute Gasteiger partial charge is 1.00 e. The summed E-state index contributed by atoms with van der Waals surface area (Å²) in [6.45, 7) is 0.803. The molecule has 0 atom stereocenters. The number of rotatable bonds is 9. The van der Waals surface area contributed by atoms with Gasteiger partial charge in [-0.15, -0.1) is 11.3 Å². The third-order valence-corrected chi connectivity index (χ3v) is 6.08. The van der Waals surface area contributed by atoms with Crippen molar-refractivity contribution in [3.05, 3.63) is 76.7 Å². The quantitative estimate of drug-likeness (QED) is 0.466. The molecule has 4 rings (SSSR count). The molecule has 0 unspecified atom stereocenters. The standard InChI is InChI=1S/C23H22O6S.Ca.2H/c24-11-20-8-9-21(30-20)17-3-1-2-16(10-17)12-28-19-6-4-18(5-7-19)23(14-27-15-23)29-13-22(25)26;;;/h1-10,24H,11-15H2,(H,25,26);;;/q;+2;2*-1. The van der Waals surface area contributed by atoms with Crippen LogP contribution in [0.25, 0.3) is 10.4 Å². The molecule has 0 aliphatic carbocycles. The van der Waals surface area contributed by atoms with E-state index in [9.17, 15) is 9.90 Å². The van der Waals surface area contributed by atoms with Crippen molar-refractivity contribution in [2.24, 2.45) is 0 Å². The van der Waals surface area contributed by atoms with Crippen molar-refractivity contribution in [1.82, 2.24) is 0 Å². The van der Waals surface area contributed by atoms with Crippen molar-refractivity contribution in [2.75, 3.05) is 19.8 Å². The zero-order chi connectivity index (χ0) is 21.0. The van der Waals surface area contributed by atoms with E-state index >= 15 is 0 Å². The average Bonchev–Trinajstić information content (AvgIpc) is 3.22. The summed E-state index contributed by atoms with van der Waals surface area (Å²) < 4.78 is 16.7. The molecular weight excluding hydrogens is 444 g/mol. The maximum Gasteiger partial charge on any atom is 2.00 e. The minimum absolute atomic E-state index is 0. The van der Waals surface area contributed by atoms with Crippen molar-refractivity contribution in [3.63, 3.8) is 0 Å². The molecule has 1 saturated heterocycles. The van der Waals surface area contributed by atoms with Crippen LogP contribution in [0.2, 0.25) is 0 Å². The Hall–Kier alpha value is -1.45. The molecule has 2 aromatic carbocycles. The molecule has 1 aliphatic heterocycles. The van der Waals surface area contributed by atoms with Crippen molar-refractivity contribution < 1.29 is 32.1 Å². The Morgan fingerprint density at radius 2 is 1.90 bits per heavy atom. The van der Waals surface area contributed by atoms with Gasteiger partial charge in [-0.1, -0.05) is 30.3 Å². The van der Waals surface area contributed by atoms with Crippen molar-refractivity contribution >= 4 is 55.0 Å². The van der Waals surface area contributed by atoms with Crippen molar-refractivity contribution in [3.8, 4) is 16.2 Å². The normalized spacial score (nSPS) is 14.4. The van der Waals surface area contributed by atoms with Gasteiger partial charge in [0.05, 0.1) is 19.8 Å². The van der Waals surface area contributed by atoms with Gasteiger partial charge in [0.1, 0.15) is 24.6 Å². The molecule has 2 N–H and O–H groups in total. The van der Waals surface area contributed by atoms with Gasteiger partial charge >= 0.3 is 43.7 Å². The molecule has 8 heteroatoms. The second-order valence-corrected chi connectivity index (χ2v) is 8.28. The second-order valence-electron chi connectivity index (χ2n) is 7.11. The number of ether oxygens (including phenoxy) is 3. The SMILES string of the molecule is O=C(O)COC1(c2ccc(OCc3cccc(-c4ccc(CO)s4)c3)cc2)COC1.[Ca+2].[H-].[H-]. The van der Waals surface area contributed by atoms with Gasteiger partial charge in [0, 0.05) is 9.75 Å². The first kappa shape index (κ1) is 24.2. The van der Waals surface area contributed by atoms with Gasteiger partial charge < -0.3 is 27.3 Å². The maximum atomic E-state index is 10.8. The van der Waals surface area contributed by atoms with Crippen LogP contribution in [-0.2, 0) is 33.1 Å². The number of carboxylic acids is 1. The van der Waals surface area contributed by atoms with E-state index in [0.29, 0.717) is 19.8 Å². The van der Waals surface area contributed by atoms with Gasteiger partial charge in [-0.05, 0) is 47.0 Å². The molecule has 2 heterocycles. The monoisotopic (exact) mass is 468 g/mol. The number of aliphatic hydroxyl groups excluding tert-OH is 1. The molecule has 0 saturated carbocycles. The summed E-state index contributed by atoms with van der Waals surface area (Å²) in [6, 6.07) is 19.6. The molecule has 0 amide bonds. The van der Waals surface area contributed by atoms with Gasteiger partial charge in [0.25, 0.3) is 0 Å². The first-order valence-corrected chi connectivity index (χ1v) is 10.4. The van der Waals surface area contributed by atoms with Crippen molar-refractivity contribution in [2.45, 2.75) is 18.8 Å². The number of aliphatic hydroxyl groups is 1. The zero-order valence-corrected chi connectivity index (χ0v) is 20.0. The molecule has 0 radical (unpaired) electrons. The molecule has 31 heavy (non-hydrogen) atoms. The minimum atomic E-state index is -1.00. The summed E-state index contributed by atoms with van der Waals surface area (Å²) in [5, 5.41) is 18.1. The molecular formula is C23H24CaO6S. The van der Waals surface area contributed by atoms with Crippen molar-refractivity contribution in [1.29, 1.82) is 0 Å². The van der Waals surface area contributed by atoms with Gasteiger partial charge in [-0.3, -0.25) is 0 Å². The first-order valence-electron chi connectivity index (χ1n) is 9.54. The number of thiophene rings is 1. The molecule has 1 fully saturated rings. The largest absolute Gasteiger partial charge is 2.00 e. The van der Waals surface area contributed by atoms with Crippen LogP contribution in [-0.4, -0.2) is 73.7 Å². The van der Waals surface area contributed by atoms with E-state index < -0.39 is 11.6 Å². The number of benzene rings is 2. The third-order valence-electron chi connectivity index (χ3n) is 4.96. The Balaban J connectivity index is 0.00000181. The minimum Gasteiger partial charge on any atom is -1.00 e. The number of hydrogen-bond donors (Lipinski definition) is 2. The number of carboxylic acid groups (broad SMARTS) is 1. The average molecular weight is 469 g/mol. The summed E-state index contributed by atoms with van der Waals surface area (Å²) in [5.74, 6) is -0.282. The summed E-state index contributed by atoms with van der Waals surface area (Å²) >= 11 is 1.58. The predicted molar refractivity (Wildman–Crippen MR) is 121 cm³/mol. The van der Waals surface area contributed by atoms with Crippen LogP contribution >= 0.6 is 11.3 Å². The van der Waals surface area contributed by atoms with E-state index in [-0.39, 0.29) is 53.8 Å². The third kappa shape index (κ3) is 5.87. The van der Waals surface area contributed by atoms with Crippen LogP contribution in [0.15, 0.2) is 60.7 Å². The van der Waals surface area contributed by atoms with Gasteiger partial charge in [-0.25, -0.2) is 4.79 Å². The van der Waals surface area contributed by atoms with E-state index in [0.717, 1.165) is 32.2 Å². The van der Waals surface area contributed by atoms with E-state index in [2.05, 4.69) is 6.07 Å². The summed E-state index contributed by atoms with van der Waals surface area (Å²) in [5.41, 5.74) is 2.32.